The largest absolute Gasteiger partial charge is 0.497 e. The van der Waals surface area contributed by atoms with Gasteiger partial charge in [0.1, 0.15) is 22.4 Å². The standard InChI is InChI=1S/C26H22ClNO3S2/c1-30-22-10-4-18(5-11-22)14-15-28-25(29)24(33-26(28)32)16-19-6-12-23(13-7-19)31-17-20-2-8-21(27)9-3-20/h2-13,16H,14-15,17H2,1H3. The molecule has 0 saturated carbocycles. The van der Waals surface area contributed by atoms with Gasteiger partial charge in [-0.2, -0.15) is 0 Å². The Hall–Kier alpha value is -2.80. The molecule has 1 aliphatic rings. The number of nitrogens with zero attached hydrogens (tertiary/aromatic N) is 1. The van der Waals surface area contributed by atoms with Gasteiger partial charge in [0.15, 0.2) is 0 Å². The monoisotopic (exact) mass is 495 g/mol. The summed E-state index contributed by atoms with van der Waals surface area (Å²) >= 11 is 12.7. The van der Waals surface area contributed by atoms with Crippen LogP contribution in [0.4, 0.5) is 0 Å². The predicted octanol–water partition coefficient (Wildman–Crippen LogP) is 6.37. The maximum Gasteiger partial charge on any atom is 0.266 e. The summed E-state index contributed by atoms with van der Waals surface area (Å²) in [6.07, 6.45) is 2.60. The third-order valence-electron chi connectivity index (χ3n) is 5.15. The van der Waals surface area contributed by atoms with Crippen LogP contribution in [0.5, 0.6) is 11.5 Å². The van der Waals surface area contributed by atoms with Crippen molar-refractivity contribution in [3.63, 3.8) is 0 Å². The van der Waals surface area contributed by atoms with Crippen molar-refractivity contribution in [2.24, 2.45) is 0 Å². The van der Waals surface area contributed by atoms with Crippen molar-refractivity contribution in [1.29, 1.82) is 0 Å². The molecule has 0 aromatic heterocycles. The van der Waals surface area contributed by atoms with Gasteiger partial charge in [0.05, 0.1) is 12.0 Å². The Kier molecular flexibility index (Phi) is 7.70. The van der Waals surface area contributed by atoms with Crippen LogP contribution in [0.2, 0.25) is 5.02 Å². The van der Waals surface area contributed by atoms with E-state index < -0.39 is 0 Å². The molecule has 0 radical (unpaired) electrons. The average Bonchev–Trinajstić information content (AvgIpc) is 3.10. The summed E-state index contributed by atoms with van der Waals surface area (Å²) in [4.78, 5) is 15.2. The predicted molar refractivity (Wildman–Crippen MR) is 139 cm³/mol. The number of carbonyl (C=O) groups excluding carboxylic acids is 1. The minimum absolute atomic E-state index is 0.0541. The van der Waals surface area contributed by atoms with Crippen LogP contribution in [0, 0.1) is 0 Å². The Morgan fingerprint density at radius 3 is 2.24 bits per heavy atom. The van der Waals surface area contributed by atoms with E-state index in [0.717, 1.165) is 34.6 Å². The Balaban J connectivity index is 1.34. The van der Waals surface area contributed by atoms with E-state index in [4.69, 9.17) is 33.3 Å². The van der Waals surface area contributed by atoms with Gasteiger partial charge >= 0.3 is 0 Å². The number of amides is 1. The highest BCUT2D eigenvalue weighted by Gasteiger charge is 2.31. The number of methoxy groups -OCH3 is 1. The van der Waals surface area contributed by atoms with Crippen LogP contribution in [0.25, 0.3) is 6.08 Å². The molecule has 7 heteroatoms. The van der Waals surface area contributed by atoms with Gasteiger partial charge in [-0.05, 0) is 65.6 Å². The van der Waals surface area contributed by atoms with Crippen molar-refractivity contribution in [3.8, 4) is 11.5 Å². The van der Waals surface area contributed by atoms with Crippen LogP contribution in [-0.4, -0.2) is 28.8 Å². The van der Waals surface area contributed by atoms with Crippen molar-refractivity contribution >= 4 is 51.9 Å². The summed E-state index contributed by atoms with van der Waals surface area (Å²) < 4.78 is 11.6. The fourth-order valence-electron chi connectivity index (χ4n) is 3.28. The highest BCUT2D eigenvalue weighted by molar-refractivity contribution is 8.26. The molecule has 1 amide bonds. The fraction of sp³-hybridized carbons (Fsp3) is 0.154. The van der Waals surface area contributed by atoms with Crippen LogP contribution < -0.4 is 9.47 Å². The van der Waals surface area contributed by atoms with Gasteiger partial charge in [-0.25, -0.2) is 0 Å². The number of thioether (sulfide) groups is 1. The van der Waals surface area contributed by atoms with Gasteiger partial charge in [0.2, 0.25) is 0 Å². The van der Waals surface area contributed by atoms with E-state index >= 15 is 0 Å². The smallest absolute Gasteiger partial charge is 0.266 e. The number of carbonyl (C=O) groups is 1. The van der Waals surface area contributed by atoms with E-state index in [1.165, 1.54) is 11.8 Å². The number of thiocarbonyl (C=S) groups is 1. The molecule has 3 aromatic carbocycles. The van der Waals surface area contributed by atoms with Crippen LogP contribution in [0.3, 0.4) is 0 Å². The Morgan fingerprint density at radius 1 is 0.939 bits per heavy atom. The van der Waals surface area contributed by atoms with Crippen molar-refractivity contribution in [1.82, 2.24) is 4.90 Å². The number of ether oxygens (including phenoxy) is 2. The third kappa shape index (κ3) is 6.16. The van der Waals surface area contributed by atoms with Crippen molar-refractivity contribution in [2.75, 3.05) is 13.7 Å². The van der Waals surface area contributed by atoms with Gasteiger partial charge in [-0.1, -0.05) is 72.0 Å². The zero-order valence-electron chi connectivity index (χ0n) is 18.0. The molecule has 0 atom stereocenters. The van der Waals surface area contributed by atoms with Gasteiger partial charge in [-0.3, -0.25) is 9.69 Å². The number of benzene rings is 3. The molecule has 3 aromatic rings. The molecule has 1 aliphatic heterocycles. The Morgan fingerprint density at radius 2 is 1.58 bits per heavy atom. The third-order valence-corrected chi connectivity index (χ3v) is 6.78. The zero-order valence-corrected chi connectivity index (χ0v) is 20.4. The SMILES string of the molecule is COc1ccc(CCN2C(=O)C(=Cc3ccc(OCc4ccc(Cl)cc4)cc3)SC2=S)cc1. The molecule has 0 aliphatic carbocycles. The lowest BCUT2D eigenvalue weighted by molar-refractivity contribution is -0.122. The number of hydrogen-bond donors (Lipinski definition) is 0. The van der Waals surface area contributed by atoms with E-state index in [2.05, 4.69) is 0 Å². The molecular weight excluding hydrogens is 474 g/mol. The summed E-state index contributed by atoms with van der Waals surface area (Å²) in [7, 11) is 1.64. The van der Waals surface area contributed by atoms with Gasteiger partial charge in [0, 0.05) is 11.6 Å². The second-order valence-corrected chi connectivity index (χ2v) is 9.53. The summed E-state index contributed by atoms with van der Waals surface area (Å²) in [5, 5.41) is 0.703. The maximum absolute atomic E-state index is 12.9. The van der Waals surface area contributed by atoms with Gasteiger partial charge in [-0.15, -0.1) is 0 Å². The quantitative estimate of drug-likeness (QED) is 0.268. The fourth-order valence-corrected chi connectivity index (χ4v) is 4.72. The molecule has 1 saturated heterocycles. The first-order valence-electron chi connectivity index (χ1n) is 10.4. The molecule has 0 unspecified atom stereocenters. The highest BCUT2D eigenvalue weighted by atomic mass is 35.5. The van der Waals surface area contributed by atoms with Crippen molar-refractivity contribution in [2.45, 2.75) is 13.0 Å². The summed E-state index contributed by atoms with van der Waals surface area (Å²) in [6, 6.07) is 23.1. The topological polar surface area (TPSA) is 38.8 Å². The van der Waals surface area contributed by atoms with Crippen LogP contribution in [0.1, 0.15) is 16.7 Å². The molecule has 4 nitrogen and oxygen atoms in total. The molecule has 4 rings (SSSR count). The van der Waals surface area contributed by atoms with Gasteiger partial charge in [0.25, 0.3) is 5.91 Å². The van der Waals surface area contributed by atoms with Crippen LogP contribution in [-0.2, 0) is 17.8 Å². The first-order valence-corrected chi connectivity index (χ1v) is 12.0. The molecule has 0 bridgehead atoms. The average molecular weight is 496 g/mol. The molecule has 1 heterocycles. The zero-order chi connectivity index (χ0) is 23.2. The normalized spacial score (nSPS) is 14.7. The van der Waals surface area contributed by atoms with E-state index in [1.807, 2.05) is 78.9 Å². The number of hydrogen-bond acceptors (Lipinski definition) is 5. The number of halogens is 1. The van der Waals surface area contributed by atoms with Crippen LogP contribution in [0.15, 0.2) is 77.7 Å². The van der Waals surface area contributed by atoms with Crippen molar-refractivity contribution < 1.29 is 14.3 Å². The second kappa shape index (κ2) is 10.9. The minimum Gasteiger partial charge on any atom is -0.497 e. The molecule has 1 fully saturated rings. The van der Waals surface area contributed by atoms with E-state index in [-0.39, 0.29) is 5.91 Å². The Bertz CT molecular complexity index is 1160. The maximum atomic E-state index is 12.9. The first kappa shape index (κ1) is 23.4. The first-order chi connectivity index (χ1) is 16.0. The van der Waals surface area contributed by atoms with E-state index in [1.54, 1.807) is 12.0 Å². The lowest BCUT2D eigenvalue weighted by Crippen LogP contribution is -2.30. The summed E-state index contributed by atoms with van der Waals surface area (Å²) in [5.74, 6) is 1.52. The molecule has 0 N–H and O–H groups in total. The minimum atomic E-state index is -0.0541. The summed E-state index contributed by atoms with van der Waals surface area (Å²) in [5.41, 5.74) is 3.09. The molecular formula is C26H22ClNO3S2. The molecule has 33 heavy (non-hydrogen) atoms. The second-order valence-electron chi connectivity index (χ2n) is 7.42. The van der Waals surface area contributed by atoms with Crippen molar-refractivity contribution in [3.05, 3.63) is 99.4 Å². The van der Waals surface area contributed by atoms with Gasteiger partial charge < -0.3 is 9.47 Å². The van der Waals surface area contributed by atoms with Crippen LogP contribution >= 0.6 is 35.6 Å². The summed E-state index contributed by atoms with van der Waals surface area (Å²) in [6.45, 7) is 1.01. The highest BCUT2D eigenvalue weighted by Crippen LogP contribution is 2.33. The van der Waals surface area contributed by atoms with E-state index in [9.17, 15) is 4.79 Å². The molecule has 0 spiro atoms. The molecule has 168 valence electrons. The lowest BCUT2D eigenvalue weighted by Gasteiger charge is -2.14. The number of rotatable bonds is 8. The Labute approximate surface area is 208 Å². The lowest BCUT2D eigenvalue weighted by atomic mass is 10.1. The van der Waals surface area contributed by atoms with E-state index in [0.29, 0.717) is 27.4 Å².